The molecule has 2 aromatic carbocycles. The molecule has 0 unspecified atom stereocenters. The van der Waals surface area contributed by atoms with Crippen LogP contribution in [0.1, 0.15) is 34.8 Å². The van der Waals surface area contributed by atoms with Gasteiger partial charge in [-0.2, -0.15) is 10.1 Å². The van der Waals surface area contributed by atoms with Crippen LogP contribution in [0, 0.1) is 10.1 Å². The lowest BCUT2D eigenvalue weighted by Gasteiger charge is -2.33. The van der Waals surface area contributed by atoms with Crippen LogP contribution in [-0.4, -0.2) is 21.6 Å². The number of benzene rings is 2. The minimum absolute atomic E-state index is 0.00495. The van der Waals surface area contributed by atoms with E-state index in [9.17, 15) is 14.9 Å². The van der Waals surface area contributed by atoms with Gasteiger partial charge in [0.25, 0.3) is 11.6 Å². The normalized spacial score (nSPS) is 16.5. The zero-order valence-corrected chi connectivity index (χ0v) is 14.9. The molecule has 0 radical (unpaired) electrons. The maximum atomic E-state index is 13.1. The summed E-state index contributed by atoms with van der Waals surface area (Å²) in [5.74, 6) is 0.278. The Labute approximate surface area is 160 Å². The number of fused-ring (bicyclic) bond motifs is 1. The maximum absolute atomic E-state index is 13.1. The second-order valence-corrected chi connectivity index (χ2v) is 6.25. The molecule has 1 N–H and O–H groups in total. The fourth-order valence-electron chi connectivity index (χ4n) is 3.03. The number of hydrogen-bond acceptors (Lipinski definition) is 6. The van der Waals surface area contributed by atoms with Crippen LogP contribution in [0.25, 0.3) is 0 Å². The number of rotatable bonds is 4. The number of furan rings is 1. The Bertz CT molecular complexity index is 1060. The molecular formula is C20H16N4O4. The standard InChI is InChI=1S/C20H16N4O4/c1-13(14-8-10-15(11-9-14)24(26)27)22-23-19(18-7-4-12-28-18)21-17-6-3-2-5-16(17)20(23)25/h2-12,19,21H,1H3/b22-13-/t19-/m1/s1. The van der Waals surface area contributed by atoms with Crippen molar-refractivity contribution in [3.05, 3.63) is 93.9 Å². The summed E-state index contributed by atoms with van der Waals surface area (Å²) in [5, 5.41) is 20.0. The van der Waals surface area contributed by atoms with Crippen LogP contribution in [-0.2, 0) is 0 Å². The molecule has 0 saturated heterocycles. The Kier molecular flexibility index (Phi) is 4.36. The highest BCUT2D eigenvalue weighted by Crippen LogP contribution is 2.33. The second kappa shape index (κ2) is 6.99. The quantitative estimate of drug-likeness (QED) is 0.418. The summed E-state index contributed by atoms with van der Waals surface area (Å²) in [4.78, 5) is 23.5. The van der Waals surface area contributed by atoms with Crippen molar-refractivity contribution in [3.63, 3.8) is 0 Å². The van der Waals surface area contributed by atoms with Crippen LogP contribution in [0.5, 0.6) is 0 Å². The Morgan fingerprint density at radius 2 is 1.89 bits per heavy atom. The lowest BCUT2D eigenvalue weighted by molar-refractivity contribution is -0.384. The summed E-state index contributed by atoms with van der Waals surface area (Å²) in [6.45, 7) is 1.74. The number of hydrazone groups is 1. The third-order valence-electron chi connectivity index (χ3n) is 4.47. The number of amides is 1. The van der Waals surface area contributed by atoms with Gasteiger partial charge in [-0.1, -0.05) is 12.1 Å². The molecule has 1 amide bonds. The zero-order chi connectivity index (χ0) is 19.7. The average Bonchev–Trinajstić information content (AvgIpc) is 3.24. The Morgan fingerprint density at radius 1 is 1.14 bits per heavy atom. The molecule has 0 fully saturated rings. The van der Waals surface area contributed by atoms with Crippen LogP contribution in [0.4, 0.5) is 11.4 Å². The molecule has 3 aromatic rings. The van der Waals surface area contributed by atoms with E-state index in [-0.39, 0.29) is 11.6 Å². The average molecular weight is 376 g/mol. The molecule has 0 spiro atoms. The van der Waals surface area contributed by atoms with Crippen LogP contribution >= 0.6 is 0 Å². The van der Waals surface area contributed by atoms with Crippen LogP contribution < -0.4 is 5.32 Å². The van der Waals surface area contributed by atoms with E-state index in [4.69, 9.17) is 4.42 Å². The number of anilines is 1. The summed E-state index contributed by atoms with van der Waals surface area (Å²) >= 11 is 0. The number of para-hydroxylation sites is 1. The fraction of sp³-hybridized carbons (Fsp3) is 0.100. The third kappa shape index (κ3) is 3.11. The van der Waals surface area contributed by atoms with Crippen LogP contribution in [0.3, 0.4) is 0 Å². The highest BCUT2D eigenvalue weighted by atomic mass is 16.6. The molecule has 0 aliphatic carbocycles. The van der Waals surface area contributed by atoms with Crippen molar-refractivity contribution in [1.29, 1.82) is 0 Å². The number of carbonyl (C=O) groups is 1. The SMILES string of the molecule is C/C(=N/N1C(=O)c2ccccc2N[C@H]1c1ccco1)c1ccc([N+](=O)[O-])cc1. The van der Waals surface area contributed by atoms with Gasteiger partial charge in [-0.15, -0.1) is 0 Å². The van der Waals surface area contributed by atoms with E-state index in [1.807, 2.05) is 12.1 Å². The van der Waals surface area contributed by atoms with E-state index in [0.29, 0.717) is 28.3 Å². The number of nitro benzene ring substituents is 1. The van der Waals surface area contributed by atoms with Gasteiger partial charge in [0.2, 0.25) is 0 Å². The molecule has 140 valence electrons. The van der Waals surface area contributed by atoms with E-state index in [1.165, 1.54) is 23.4 Å². The van der Waals surface area contributed by atoms with E-state index < -0.39 is 11.1 Å². The van der Waals surface area contributed by atoms with Crippen LogP contribution in [0.2, 0.25) is 0 Å². The largest absolute Gasteiger partial charge is 0.465 e. The summed E-state index contributed by atoms with van der Waals surface area (Å²) in [5.41, 5.74) is 2.42. The molecule has 1 atom stereocenters. The van der Waals surface area contributed by atoms with Gasteiger partial charge < -0.3 is 9.73 Å². The third-order valence-corrected chi connectivity index (χ3v) is 4.47. The first-order chi connectivity index (χ1) is 13.5. The first-order valence-electron chi connectivity index (χ1n) is 8.57. The molecule has 28 heavy (non-hydrogen) atoms. The molecule has 4 rings (SSSR count). The lowest BCUT2D eigenvalue weighted by atomic mass is 10.1. The van der Waals surface area contributed by atoms with Crippen molar-refractivity contribution in [2.45, 2.75) is 13.1 Å². The minimum atomic E-state index is -0.606. The monoisotopic (exact) mass is 376 g/mol. The molecule has 8 heteroatoms. The molecule has 0 saturated carbocycles. The number of non-ortho nitro benzene ring substituents is 1. The van der Waals surface area contributed by atoms with E-state index in [1.54, 1.807) is 43.3 Å². The van der Waals surface area contributed by atoms with Gasteiger partial charge in [-0.3, -0.25) is 14.9 Å². The predicted molar refractivity (Wildman–Crippen MR) is 103 cm³/mol. The van der Waals surface area contributed by atoms with Gasteiger partial charge >= 0.3 is 0 Å². The molecular weight excluding hydrogens is 360 g/mol. The molecule has 1 aromatic heterocycles. The molecule has 1 aliphatic rings. The summed E-state index contributed by atoms with van der Waals surface area (Å²) in [6.07, 6.45) is 0.929. The number of nitrogens with zero attached hydrogens (tertiary/aromatic N) is 3. The zero-order valence-electron chi connectivity index (χ0n) is 14.9. The summed E-state index contributed by atoms with van der Waals surface area (Å²) in [7, 11) is 0. The van der Waals surface area contributed by atoms with Crippen molar-refractivity contribution < 1.29 is 14.1 Å². The highest BCUT2D eigenvalue weighted by molar-refractivity contribution is 6.04. The van der Waals surface area contributed by atoms with Crippen LogP contribution in [0.15, 0.2) is 76.4 Å². The van der Waals surface area contributed by atoms with Crippen molar-refractivity contribution >= 4 is 23.0 Å². The van der Waals surface area contributed by atoms with Crippen molar-refractivity contribution in [3.8, 4) is 0 Å². The number of nitrogens with one attached hydrogen (secondary N) is 1. The molecule has 1 aliphatic heterocycles. The Balaban J connectivity index is 1.73. The van der Waals surface area contributed by atoms with Gasteiger partial charge in [0.15, 0.2) is 6.17 Å². The topological polar surface area (TPSA) is 101 Å². The van der Waals surface area contributed by atoms with Gasteiger partial charge in [-0.05, 0) is 48.9 Å². The maximum Gasteiger partial charge on any atom is 0.278 e. The van der Waals surface area contributed by atoms with Gasteiger partial charge in [0, 0.05) is 17.8 Å². The second-order valence-electron chi connectivity index (χ2n) is 6.25. The van der Waals surface area contributed by atoms with Crippen molar-refractivity contribution in [1.82, 2.24) is 5.01 Å². The predicted octanol–water partition coefficient (Wildman–Crippen LogP) is 4.18. The number of nitro groups is 1. The van der Waals surface area contributed by atoms with Gasteiger partial charge in [-0.25, -0.2) is 0 Å². The molecule has 2 heterocycles. The van der Waals surface area contributed by atoms with Crippen molar-refractivity contribution in [2.24, 2.45) is 5.10 Å². The summed E-state index contributed by atoms with van der Waals surface area (Å²) < 4.78 is 5.50. The fourth-order valence-corrected chi connectivity index (χ4v) is 3.03. The smallest absolute Gasteiger partial charge is 0.278 e. The van der Waals surface area contributed by atoms with Crippen molar-refractivity contribution in [2.75, 3.05) is 5.32 Å². The van der Waals surface area contributed by atoms with E-state index >= 15 is 0 Å². The Hall–Kier alpha value is -3.94. The first kappa shape index (κ1) is 17.5. The van der Waals surface area contributed by atoms with Gasteiger partial charge in [0.1, 0.15) is 5.76 Å². The molecule has 8 nitrogen and oxygen atoms in total. The van der Waals surface area contributed by atoms with E-state index in [2.05, 4.69) is 10.4 Å². The lowest BCUT2D eigenvalue weighted by Crippen LogP contribution is -2.40. The van der Waals surface area contributed by atoms with Gasteiger partial charge in [0.05, 0.1) is 22.5 Å². The number of carbonyl (C=O) groups excluding carboxylic acids is 1. The number of hydrogen-bond donors (Lipinski definition) is 1. The summed E-state index contributed by atoms with van der Waals surface area (Å²) in [6, 6.07) is 16.7. The highest BCUT2D eigenvalue weighted by Gasteiger charge is 2.34. The Morgan fingerprint density at radius 3 is 2.57 bits per heavy atom. The first-order valence-corrected chi connectivity index (χ1v) is 8.57. The molecule has 0 bridgehead atoms. The van der Waals surface area contributed by atoms with E-state index in [0.717, 1.165) is 0 Å². The minimum Gasteiger partial charge on any atom is -0.465 e.